The molecule has 0 aliphatic rings. The second kappa shape index (κ2) is 3.66. The average molecular weight is 226 g/mol. The van der Waals surface area contributed by atoms with Gasteiger partial charge in [0.1, 0.15) is 5.69 Å². The van der Waals surface area contributed by atoms with E-state index < -0.39 is 11.9 Å². The zero-order valence-corrected chi connectivity index (χ0v) is 8.47. The minimum atomic E-state index is -4.35. The van der Waals surface area contributed by atoms with Crippen molar-refractivity contribution in [3.8, 4) is 11.4 Å². The molecule has 0 aliphatic heterocycles. The molecule has 0 saturated carbocycles. The first-order valence-corrected chi connectivity index (χ1v) is 4.66. The Morgan fingerprint density at radius 1 is 1.25 bits per heavy atom. The van der Waals surface area contributed by atoms with Crippen molar-refractivity contribution in [2.24, 2.45) is 0 Å². The molecule has 2 aromatic heterocycles. The van der Waals surface area contributed by atoms with Crippen LogP contribution < -0.4 is 0 Å². The summed E-state index contributed by atoms with van der Waals surface area (Å²) >= 11 is 0. The first kappa shape index (κ1) is 10.7. The number of hydrogen-bond donors (Lipinski definition) is 1. The Kier molecular flexibility index (Phi) is 2.46. The molecule has 16 heavy (non-hydrogen) atoms. The van der Waals surface area contributed by atoms with E-state index in [4.69, 9.17) is 0 Å². The van der Waals surface area contributed by atoms with Crippen LogP contribution in [0.3, 0.4) is 0 Å². The van der Waals surface area contributed by atoms with E-state index in [9.17, 15) is 13.2 Å². The van der Waals surface area contributed by atoms with Crippen LogP contribution in [0, 0.1) is 6.92 Å². The summed E-state index contributed by atoms with van der Waals surface area (Å²) in [6.07, 6.45) is -2.80. The number of pyridine rings is 1. The van der Waals surface area contributed by atoms with Gasteiger partial charge in [0.15, 0.2) is 0 Å². The molecule has 0 bridgehead atoms. The summed E-state index contributed by atoms with van der Waals surface area (Å²) in [6, 6.07) is 6.20. The third-order valence-corrected chi connectivity index (χ3v) is 2.24. The van der Waals surface area contributed by atoms with Crippen LogP contribution in [0.5, 0.6) is 0 Å². The summed E-state index contributed by atoms with van der Waals surface area (Å²) in [5.74, 6) is 0. The monoisotopic (exact) mass is 226 g/mol. The van der Waals surface area contributed by atoms with Gasteiger partial charge in [0.2, 0.25) is 0 Å². The van der Waals surface area contributed by atoms with Crippen LogP contribution in [0.1, 0.15) is 11.3 Å². The van der Waals surface area contributed by atoms with Crippen LogP contribution in [0.15, 0.2) is 30.5 Å². The van der Waals surface area contributed by atoms with Gasteiger partial charge in [-0.3, -0.25) is 4.98 Å². The van der Waals surface area contributed by atoms with Crippen LogP contribution >= 0.6 is 0 Å². The van der Waals surface area contributed by atoms with Gasteiger partial charge in [0, 0.05) is 6.20 Å². The molecule has 84 valence electrons. The van der Waals surface area contributed by atoms with Gasteiger partial charge in [-0.05, 0) is 30.7 Å². The van der Waals surface area contributed by atoms with Crippen molar-refractivity contribution in [2.75, 3.05) is 0 Å². The van der Waals surface area contributed by atoms with Crippen LogP contribution in [-0.4, -0.2) is 9.97 Å². The smallest absolute Gasteiger partial charge is 0.350 e. The SMILES string of the molecule is Cc1cc(C(F)(F)F)[nH]c1-c1ccccn1. The van der Waals surface area contributed by atoms with E-state index in [1.165, 1.54) is 0 Å². The maximum absolute atomic E-state index is 12.4. The first-order chi connectivity index (χ1) is 7.48. The molecule has 0 aromatic carbocycles. The molecule has 2 nitrogen and oxygen atoms in total. The lowest BCUT2D eigenvalue weighted by Gasteiger charge is -2.02. The molecule has 0 unspecified atom stereocenters. The van der Waals surface area contributed by atoms with Crippen molar-refractivity contribution in [3.05, 3.63) is 41.7 Å². The number of halogens is 3. The second-order valence-corrected chi connectivity index (χ2v) is 3.45. The molecule has 2 rings (SSSR count). The minimum Gasteiger partial charge on any atom is -0.350 e. The largest absolute Gasteiger partial charge is 0.431 e. The molecule has 1 N–H and O–H groups in total. The van der Waals surface area contributed by atoms with Crippen molar-refractivity contribution in [3.63, 3.8) is 0 Å². The van der Waals surface area contributed by atoms with E-state index in [1.807, 2.05) is 0 Å². The summed E-state index contributed by atoms with van der Waals surface area (Å²) in [5, 5.41) is 0. The van der Waals surface area contributed by atoms with Crippen molar-refractivity contribution >= 4 is 0 Å². The molecule has 0 fully saturated rings. The molecular formula is C11H9F3N2. The zero-order valence-electron chi connectivity index (χ0n) is 8.47. The van der Waals surface area contributed by atoms with Crippen molar-refractivity contribution < 1.29 is 13.2 Å². The fourth-order valence-corrected chi connectivity index (χ4v) is 1.49. The Balaban J connectivity index is 2.48. The third-order valence-electron chi connectivity index (χ3n) is 2.24. The Bertz CT molecular complexity index is 486. The standard InChI is InChI=1S/C11H9F3N2/c1-7-6-9(11(12,13)14)16-10(7)8-4-2-3-5-15-8/h2-6,16H,1H3. The minimum absolute atomic E-state index is 0.410. The normalized spacial score (nSPS) is 11.8. The number of aromatic nitrogens is 2. The lowest BCUT2D eigenvalue weighted by atomic mass is 10.2. The summed E-state index contributed by atoms with van der Waals surface area (Å²) in [5.41, 5.74) is 0.708. The first-order valence-electron chi connectivity index (χ1n) is 4.66. The van der Waals surface area contributed by atoms with Crippen LogP contribution in [0.25, 0.3) is 11.4 Å². The number of nitrogens with zero attached hydrogens (tertiary/aromatic N) is 1. The highest BCUT2D eigenvalue weighted by Gasteiger charge is 2.33. The molecule has 0 spiro atoms. The molecule has 0 saturated heterocycles. The molecule has 5 heteroatoms. The third kappa shape index (κ3) is 1.93. The maximum Gasteiger partial charge on any atom is 0.431 e. The number of aromatic amines is 1. The van der Waals surface area contributed by atoms with E-state index in [-0.39, 0.29) is 0 Å². The number of H-pyrrole nitrogens is 1. The van der Waals surface area contributed by atoms with Crippen molar-refractivity contribution in [1.29, 1.82) is 0 Å². The number of hydrogen-bond acceptors (Lipinski definition) is 1. The summed E-state index contributed by atoms with van der Waals surface area (Å²) in [7, 11) is 0. The highest BCUT2D eigenvalue weighted by Crippen LogP contribution is 2.32. The fourth-order valence-electron chi connectivity index (χ4n) is 1.49. The number of aryl methyl sites for hydroxylation is 1. The second-order valence-electron chi connectivity index (χ2n) is 3.45. The van der Waals surface area contributed by atoms with Gasteiger partial charge in [-0.25, -0.2) is 0 Å². The lowest BCUT2D eigenvalue weighted by molar-refractivity contribution is -0.140. The van der Waals surface area contributed by atoms with Gasteiger partial charge in [-0.1, -0.05) is 6.07 Å². The van der Waals surface area contributed by atoms with E-state index in [1.54, 1.807) is 31.3 Å². The van der Waals surface area contributed by atoms with E-state index in [0.717, 1.165) is 6.07 Å². The van der Waals surface area contributed by atoms with Gasteiger partial charge in [0.25, 0.3) is 0 Å². The van der Waals surface area contributed by atoms with Gasteiger partial charge in [0.05, 0.1) is 11.4 Å². The predicted molar refractivity (Wildman–Crippen MR) is 53.8 cm³/mol. The van der Waals surface area contributed by atoms with Gasteiger partial charge in [-0.15, -0.1) is 0 Å². The van der Waals surface area contributed by atoms with Crippen LogP contribution in [-0.2, 0) is 6.18 Å². The lowest BCUT2D eigenvalue weighted by Crippen LogP contribution is -2.04. The number of alkyl halides is 3. The van der Waals surface area contributed by atoms with Gasteiger partial charge in [-0.2, -0.15) is 13.2 Å². The molecule has 2 aromatic rings. The Morgan fingerprint density at radius 2 is 2.00 bits per heavy atom. The molecule has 2 heterocycles. The van der Waals surface area contributed by atoms with E-state index in [0.29, 0.717) is 17.0 Å². The van der Waals surface area contributed by atoms with Crippen LogP contribution in [0.4, 0.5) is 13.2 Å². The molecule has 0 radical (unpaired) electrons. The Morgan fingerprint density at radius 3 is 2.50 bits per heavy atom. The van der Waals surface area contributed by atoms with Crippen molar-refractivity contribution in [1.82, 2.24) is 9.97 Å². The topological polar surface area (TPSA) is 28.7 Å². The maximum atomic E-state index is 12.4. The summed E-state index contributed by atoms with van der Waals surface area (Å²) < 4.78 is 37.3. The fraction of sp³-hybridized carbons (Fsp3) is 0.182. The van der Waals surface area contributed by atoms with Gasteiger partial charge >= 0.3 is 6.18 Å². The summed E-state index contributed by atoms with van der Waals surface area (Å²) in [4.78, 5) is 6.36. The number of nitrogens with one attached hydrogen (secondary N) is 1. The van der Waals surface area contributed by atoms with E-state index in [2.05, 4.69) is 9.97 Å². The highest BCUT2D eigenvalue weighted by molar-refractivity contribution is 5.59. The molecular weight excluding hydrogens is 217 g/mol. The van der Waals surface area contributed by atoms with Gasteiger partial charge < -0.3 is 4.98 Å². The van der Waals surface area contributed by atoms with Crippen LogP contribution in [0.2, 0.25) is 0 Å². The zero-order chi connectivity index (χ0) is 11.8. The quantitative estimate of drug-likeness (QED) is 0.793. The predicted octanol–water partition coefficient (Wildman–Crippen LogP) is 3.40. The van der Waals surface area contributed by atoms with Crippen molar-refractivity contribution in [2.45, 2.75) is 13.1 Å². The van der Waals surface area contributed by atoms with E-state index >= 15 is 0 Å². The molecule has 0 atom stereocenters. The number of rotatable bonds is 1. The Labute approximate surface area is 90.1 Å². The highest BCUT2D eigenvalue weighted by atomic mass is 19.4. The Hall–Kier alpha value is -1.78. The molecule has 0 amide bonds. The molecule has 0 aliphatic carbocycles. The average Bonchev–Trinajstić information content (AvgIpc) is 2.61. The summed E-state index contributed by atoms with van der Waals surface area (Å²) in [6.45, 7) is 1.62.